The van der Waals surface area contributed by atoms with Gasteiger partial charge in [0.1, 0.15) is 6.61 Å². The standard InChI is InChI=1S/C23H15Cl4NO/c1-14-2-4-15(5-3-14)13-29-23-21(26)9-16(10-22(23)27)8-17(12-28)19-7-6-18(24)11-20(19)25/h2-11H,13H2,1H3/b17-8+. The number of halogens is 4. The van der Waals surface area contributed by atoms with Crippen molar-refractivity contribution in [2.24, 2.45) is 0 Å². The molecule has 0 heterocycles. The largest absolute Gasteiger partial charge is 0.486 e. The van der Waals surface area contributed by atoms with Crippen molar-refractivity contribution < 1.29 is 4.74 Å². The molecule has 3 aromatic rings. The second kappa shape index (κ2) is 9.57. The number of hydrogen-bond acceptors (Lipinski definition) is 2. The van der Waals surface area contributed by atoms with Gasteiger partial charge in [-0.1, -0.05) is 82.3 Å². The van der Waals surface area contributed by atoms with Crippen molar-refractivity contribution in [3.05, 3.63) is 96.9 Å². The van der Waals surface area contributed by atoms with Crippen LogP contribution in [0.1, 0.15) is 22.3 Å². The Morgan fingerprint density at radius 3 is 2.17 bits per heavy atom. The number of ether oxygens (including phenoxy) is 1. The number of nitrogens with zero attached hydrogens (tertiary/aromatic N) is 1. The van der Waals surface area contributed by atoms with Gasteiger partial charge in [0.2, 0.25) is 0 Å². The molecule has 0 spiro atoms. The molecule has 3 aromatic carbocycles. The molecule has 0 fully saturated rings. The van der Waals surface area contributed by atoms with Crippen LogP contribution in [0.4, 0.5) is 0 Å². The van der Waals surface area contributed by atoms with Crippen molar-refractivity contribution in [2.75, 3.05) is 0 Å². The summed E-state index contributed by atoms with van der Waals surface area (Å²) in [7, 11) is 0. The maximum Gasteiger partial charge on any atom is 0.157 e. The van der Waals surface area contributed by atoms with Gasteiger partial charge < -0.3 is 4.74 Å². The fourth-order valence-corrected chi connectivity index (χ4v) is 3.81. The van der Waals surface area contributed by atoms with Crippen LogP contribution in [0.25, 0.3) is 11.6 Å². The molecule has 0 radical (unpaired) electrons. The summed E-state index contributed by atoms with van der Waals surface area (Å²) in [6.07, 6.45) is 1.66. The highest BCUT2D eigenvalue weighted by atomic mass is 35.5. The van der Waals surface area contributed by atoms with E-state index in [4.69, 9.17) is 51.1 Å². The number of hydrogen-bond donors (Lipinski definition) is 0. The molecule has 0 aliphatic heterocycles. The Kier molecular flexibility index (Phi) is 7.11. The van der Waals surface area contributed by atoms with Gasteiger partial charge in [0, 0.05) is 10.6 Å². The second-order valence-electron chi connectivity index (χ2n) is 6.38. The SMILES string of the molecule is Cc1ccc(COc2c(Cl)cc(/C=C(\C#N)c3ccc(Cl)cc3Cl)cc2Cl)cc1. The highest BCUT2D eigenvalue weighted by Crippen LogP contribution is 2.36. The van der Waals surface area contributed by atoms with E-state index in [1.807, 2.05) is 31.2 Å². The first-order valence-electron chi connectivity index (χ1n) is 8.62. The fraction of sp³-hybridized carbons (Fsp3) is 0.0870. The lowest BCUT2D eigenvalue weighted by Crippen LogP contribution is -1.97. The summed E-state index contributed by atoms with van der Waals surface area (Å²) in [5.74, 6) is 0.397. The summed E-state index contributed by atoms with van der Waals surface area (Å²) in [5, 5.41) is 11.2. The minimum atomic E-state index is 0.346. The van der Waals surface area contributed by atoms with Crippen LogP contribution in [0, 0.1) is 18.3 Å². The highest BCUT2D eigenvalue weighted by molar-refractivity contribution is 6.37. The first kappa shape index (κ1) is 21.6. The third-order valence-corrected chi connectivity index (χ3v) is 5.29. The van der Waals surface area contributed by atoms with E-state index in [-0.39, 0.29) is 0 Å². The monoisotopic (exact) mass is 461 g/mol. The quantitative estimate of drug-likeness (QED) is 0.282. The maximum atomic E-state index is 9.56. The third-order valence-electron chi connectivity index (χ3n) is 4.18. The predicted molar refractivity (Wildman–Crippen MR) is 122 cm³/mol. The number of nitriles is 1. The van der Waals surface area contributed by atoms with E-state index < -0.39 is 0 Å². The third kappa shape index (κ3) is 5.47. The zero-order valence-electron chi connectivity index (χ0n) is 15.3. The van der Waals surface area contributed by atoms with Gasteiger partial charge in [0.15, 0.2) is 5.75 Å². The van der Waals surface area contributed by atoms with Gasteiger partial charge >= 0.3 is 0 Å². The van der Waals surface area contributed by atoms with Crippen LogP contribution < -0.4 is 4.74 Å². The van der Waals surface area contributed by atoms with Crippen molar-refractivity contribution in [1.29, 1.82) is 5.26 Å². The average Bonchev–Trinajstić information content (AvgIpc) is 2.67. The normalized spacial score (nSPS) is 11.2. The number of rotatable bonds is 5. The minimum absolute atomic E-state index is 0.346. The van der Waals surface area contributed by atoms with Crippen LogP contribution in [-0.2, 0) is 6.61 Å². The summed E-state index contributed by atoms with van der Waals surface area (Å²) >= 11 is 24.9. The molecule has 0 saturated heterocycles. The van der Waals surface area contributed by atoms with E-state index in [1.54, 1.807) is 36.4 Å². The van der Waals surface area contributed by atoms with Gasteiger partial charge in [0.05, 0.1) is 26.7 Å². The predicted octanol–water partition coefficient (Wildman–Crippen LogP) is 8.25. The van der Waals surface area contributed by atoms with E-state index in [0.29, 0.717) is 49.1 Å². The maximum absolute atomic E-state index is 9.56. The molecule has 0 bridgehead atoms. The zero-order valence-corrected chi connectivity index (χ0v) is 18.4. The van der Waals surface area contributed by atoms with E-state index in [2.05, 4.69) is 6.07 Å². The molecule has 0 amide bonds. The van der Waals surface area contributed by atoms with Gasteiger partial charge in [-0.15, -0.1) is 0 Å². The van der Waals surface area contributed by atoms with E-state index in [9.17, 15) is 5.26 Å². The van der Waals surface area contributed by atoms with Gasteiger partial charge in [-0.25, -0.2) is 0 Å². The Bertz CT molecular complexity index is 1090. The molecule has 0 aliphatic carbocycles. The number of aryl methyl sites for hydroxylation is 1. The Labute approximate surface area is 189 Å². The molecule has 2 nitrogen and oxygen atoms in total. The van der Waals surface area contributed by atoms with E-state index in [1.165, 1.54) is 5.56 Å². The summed E-state index contributed by atoms with van der Waals surface area (Å²) < 4.78 is 5.81. The molecule has 146 valence electrons. The molecule has 6 heteroatoms. The Balaban J connectivity index is 1.86. The number of allylic oxidation sites excluding steroid dienone is 1. The van der Waals surface area contributed by atoms with Crippen LogP contribution >= 0.6 is 46.4 Å². The highest BCUT2D eigenvalue weighted by Gasteiger charge is 2.12. The van der Waals surface area contributed by atoms with E-state index >= 15 is 0 Å². The van der Waals surface area contributed by atoms with Gasteiger partial charge in [-0.2, -0.15) is 5.26 Å². The van der Waals surface area contributed by atoms with Gasteiger partial charge in [-0.3, -0.25) is 0 Å². The second-order valence-corrected chi connectivity index (χ2v) is 8.04. The Hall–Kier alpha value is -2.15. The molecule has 3 rings (SSSR count). The molecule has 0 aliphatic rings. The average molecular weight is 463 g/mol. The first-order valence-corrected chi connectivity index (χ1v) is 10.1. The van der Waals surface area contributed by atoms with Crippen molar-refractivity contribution in [1.82, 2.24) is 0 Å². The van der Waals surface area contributed by atoms with Gasteiger partial charge in [-0.05, 0) is 48.4 Å². The molecular weight excluding hydrogens is 448 g/mol. The lowest BCUT2D eigenvalue weighted by Gasteiger charge is -2.11. The summed E-state index contributed by atoms with van der Waals surface area (Å²) in [6, 6.07) is 18.5. The Morgan fingerprint density at radius 2 is 1.59 bits per heavy atom. The zero-order chi connectivity index (χ0) is 21.0. The topological polar surface area (TPSA) is 33.0 Å². The summed E-state index contributed by atoms with van der Waals surface area (Å²) in [4.78, 5) is 0. The van der Waals surface area contributed by atoms with Crippen molar-refractivity contribution in [3.63, 3.8) is 0 Å². The lowest BCUT2D eigenvalue weighted by molar-refractivity contribution is 0.306. The van der Waals surface area contributed by atoms with Crippen LogP contribution in [0.5, 0.6) is 5.75 Å². The summed E-state index contributed by atoms with van der Waals surface area (Å²) in [6.45, 7) is 2.37. The molecular formula is C23H15Cl4NO. The fourth-order valence-electron chi connectivity index (χ4n) is 2.69. The summed E-state index contributed by atoms with van der Waals surface area (Å²) in [5.41, 5.74) is 3.79. The van der Waals surface area contributed by atoms with Gasteiger partial charge in [0.25, 0.3) is 0 Å². The lowest BCUT2D eigenvalue weighted by atomic mass is 10.0. The molecule has 0 saturated carbocycles. The van der Waals surface area contributed by atoms with Crippen LogP contribution in [0.3, 0.4) is 0 Å². The molecule has 0 aromatic heterocycles. The van der Waals surface area contributed by atoms with Crippen LogP contribution in [0.2, 0.25) is 20.1 Å². The smallest absolute Gasteiger partial charge is 0.157 e. The van der Waals surface area contributed by atoms with E-state index in [0.717, 1.165) is 5.56 Å². The molecule has 0 N–H and O–H groups in total. The Morgan fingerprint density at radius 1 is 0.931 bits per heavy atom. The number of benzene rings is 3. The van der Waals surface area contributed by atoms with Crippen LogP contribution in [0.15, 0.2) is 54.6 Å². The molecule has 0 unspecified atom stereocenters. The minimum Gasteiger partial charge on any atom is -0.486 e. The van der Waals surface area contributed by atoms with Crippen molar-refractivity contribution >= 4 is 58.1 Å². The van der Waals surface area contributed by atoms with Crippen molar-refractivity contribution in [2.45, 2.75) is 13.5 Å². The van der Waals surface area contributed by atoms with Crippen LogP contribution in [-0.4, -0.2) is 0 Å². The first-order chi connectivity index (χ1) is 13.9. The van der Waals surface area contributed by atoms with Crippen molar-refractivity contribution in [3.8, 4) is 11.8 Å². The molecule has 0 atom stereocenters. The molecule has 29 heavy (non-hydrogen) atoms.